The number of rotatable bonds is 13. The third-order valence-corrected chi connectivity index (χ3v) is 3.92. The van der Waals surface area contributed by atoms with Gasteiger partial charge in [-0.25, -0.2) is 9.59 Å². The number of unbranched alkanes of at least 4 members (excludes halogenated alkanes) is 6. The van der Waals surface area contributed by atoms with Gasteiger partial charge in [-0.3, -0.25) is 0 Å². The van der Waals surface area contributed by atoms with Crippen molar-refractivity contribution in [1.29, 1.82) is 0 Å². The molecule has 0 aliphatic rings. The van der Waals surface area contributed by atoms with Gasteiger partial charge in [0.25, 0.3) is 0 Å². The zero-order valence-corrected chi connectivity index (χ0v) is 15.6. The zero-order chi connectivity index (χ0) is 18.0. The molecule has 0 bridgehead atoms. The van der Waals surface area contributed by atoms with E-state index >= 15 is 0 Å². The van der Waals surface area contributed by atoms with E-state index < -0.39 is 12.2 Å². The molecule has 0 aromatic rings. The smallest absolute Gasteiger partial charge is 0.447 e. The van der Waals surface area contributed by atoms with Crippen LogP contribution in [0.25, 0.3) is 0 Å². The predicted molar refractivity (Wildman–Crippen MR) is 94.2 cm³/mol. The minimum absolute atomic E-state index is 0.313. The molecule has 24 heavy (non-hydrogen) atoms. The molecule has 0 aliphatic carbocycles. The van der Waals surface area contributed by atoms with E-state index in [1.165, 1.54) is 19.3 Å². The van der Waals surface area contributed by atoms with Crippen LogP contribution in [0.15, 0.2) is 10.2 Å². The summed E-state index contributed by atoms with van der Waals surface area (Å²) in [6.07, 6.45) is 9.20. The fourth-order valence-corrected chi connectivity index (χ4v) is 2.27. The molecule has 0 saturated carbocycles. The summed E-state index contributed by atoms with van der Waals surface area (Å²) in [6, 6.07) is 0. The third kappa shape index (κ3) is 14.2. The highest BCUT2D eigenvalue weighted by molar-refractivity contribution is 5.73. The Labute approximate surface area is 146 Å². The van der Waals surface area contributed by atoms with Crippen LogP contribution in [0.5, 0.6) is 0 Å². The van der Waals surface area contributed by atoms with E-state index in [1.54, 1.807) is 0 Å². The van der Waals surface area contributed by atoms with E-state index in [0.717, 1.165) is 44.9 Å². The van der Waals surface area contributed by atoms with Crippen LogP contribution in [-0.4, -0.2) is 25.4 Å². The van der Waals surface area contributed by atoms with Gasteiger partial charge in [-0.1, -0.05) is 82.4 Å². The highest BCUT2D eigenvalue weighted by Crippen LogP contribution is 2.13. The average Bonchev–Trinajstić information content (AvgIpc) is 2.59. The quantitative estimate of drug-likeness (QED) is 0.291. The Morgan fingerprint density at radius 1 is 0.792 bits per heavy atom. The normalized spacial score (nSPS) is 12.3. The van der Waals surface area contributed by atoms with E-state index in [0.29, 0.717) is 19.1 Å². The van der Waals surface area contributed by atoms with Gasteiger partial charge in [0.15, 0.2) is 0 Å². The maximum absolute atomic E-state index is 11.4. The molecule has 0 aromatic heterocycles. The van der Waals surface area contributed by atoms with E-state index in [2.05, 4.69) is 31.0 Å². The molecule has 0 heterocycles. The molecule has 6 nitrogen and oxygen atoms in total. The molecule has 0 N–H and O–H groups in total. The highest BCUT2D eigenvalue weighted by Gasteiger charge is 2.10. The van der Waals surface area contributed by atoms with Crippen LogP contribution in [0.2, 0.25) is 0 Å². The molecule has 140 valence electrons. The second kappa shape index (κ2) is 16.4. The van der Waals surface area contributed by atoms with Crippen molar-refractivity contribution >= 4 is 12.2 Å². The lowest BCUT2D eigenvalue weighted by Gasteiger charge is -2.12. The van der Waals surface area contributed by atoms with Crippen LogP contribution in [0, 0.1) is 5.92 Å². The maximum Gasteiger partial charge on any atom is 0.452 e. The van der Waals surface area contributed by atoms with Crippen molar-refractivity contribution in [3.8, 4) is 0 Å². The lowest BCUT2D eigenvalue weighted by Crippen LogP contribution is -2.11. The Morgan fingerprint density at radius 2 is 1.38 bits per heavy atom. The van der Waals surface area contributed by atoms with Crippen LogP contribution in [0.3, 0.4) is 0 Å². The van der Waals surface area contributed by atoms with Crippen LogP contribution >= 0.6 is 0 Å². The molecule has 0 aliphatic heterocycles. The van der Waals surface area contributed by atoms with Crippen molar-refractivity contribution in [2.24, 2.45) is 16.1 Å². The molecular formula is C18H34N2O4. The fraction of sp³-hybridized carbons (Fsp3) is 0.889. The molecule has 0 rings (SSSR count). The number of amides is 2. The van der Waals surface area contributed by atoms with Gasteiger partial charge in [-0.15, -0.1) is 0 Å². The van der Waals surface area contributed by atoms with Crippen molar-refractivity contribution < 1.29 is 19.1 Å². The molecule has 0 spiro atoms. The predicted octanol–water partition coefficient (Wildman–Crippen LogP) is 6.29. The molecule has 2 amide bonds. The summed E-state index contributed by atoms with van der Waals surface area (Å²) >= 11 is 0. The van der Waals surface area contributed by atoms with Crippen molar-refractivity contribution in [2.75, 3.05) is 13.2 Å². The summed E-state index contributed by atoms with van der Waals surface area (Å²) in [5, 5.41) is 6.47. The molecule has 0 fully saturated rings. The van der Waals surface area contributed by atoms with Gasteiger partial charge in [0, 0.05) is 0 Å². The molecule has 0 saturated heterocycles. The van der Waals surface area contributed by atoms with Gasteiger partial charge in [-0.2, -0.15) is 0 Å². The van der Waals surface area contributed by atoms with Gasteiger partial charge >= 0.3 is 12.2 Å². The van der Waals surface area contributed by atoms with E-state index in [1.807, 2.05) is 0 Å². The Bertz CT molecular complexity index is 359. The van der Waals surface area contributed by atoms with Crippen molar-refractivity contribution in [1.82, 2.24) is 0 Å². The SMILES string of the molecule is CCCCCCCCOC(=O)/N=N/C(=O)OCC(CC)CCCC. The number of nitrogens with zero attached hydrogens (tertiary/aromatic N) is 2. The summed E-state index contributed by atoms with van der Waals surface area (Å²) in [7, 11) is 0. The largest absolute Gasteiger partial charge is 0.452 e. The van der Waals surface area contributed by atoms with Crippen molar-refractivity contribution in [3.05, 3.63) is 0 Å². The topological polar surface area (TPSA) is 77.3 Å². The zero-order valence-electron chi connectivity index (χ0n) is 15.6. The maximum atomic E-state index is 11.4. The summed E-state index contributed by atoms with van der Waals surface area (Å²) in [4.78, 5) is 22.8. The molecular weight excluding hydrogens is 308 g/mol. The van der Waals surface area contributed by atoms with Crippen LogP contribution in [-0.2, 0) is 9.47 Å². The summed E-state index contributed by atoms with van der Waals surface area (Å²) < 4.78 is 9.91. The Balaban J connectivity index is 3.74. The first kappa shape index (κ1) is 22.5. The van der Waals surface area contributed by atoms with Crippen LogP contribution < -0.4 is 0 Å². The van der Waals surface area contributed by atoms with Crippen molar-refractivity contribution in [2.45, 2.75) is 85.0 Å². The lowest BCUT2D eigenvalue weighted by atomic mass is 10.0. The Morgan fingerprint density at radius 3 is 2.00 bits per heavy atom. The average molecular weight is 342 g/mol. The number of carbonyl (C=O) groups excluding carboxylic acids is 2. The van der Waals surface area contributed by atoms with E-state index in [-0.39, 0.29) is 0 Å². The third-order valence-electron chi connectivity index (χ3n) is 3.92. The molecule has 6 heteroatoms. The van der Waals surface area contributed by atoms with Crippen LogP contribution in [0.1, 0.15) is 85.0 Å². The highest BCUT2D eigenvalue weighted by atomic mass is 16.6. The van der Waals surface area contributed by atoms with Gasteiger partial charge in [0.2, 0.25) is 0 Å². The summed E-state index contributed by atoms with van der Waals surface area (Å²) in [6.45, 7) is 7.00. The second-order valence-corrected chi connectivity index (χ2v) is 6.08. The number of hydrogen-bond acceptors (Lipinski definition) is 4. The summed E-state index contributed by atoms with van der Waals surface area (Å²) in [5.74, 6) is 0.337. The van der Waals surface area contributed by atoms with Crippen molar-refractivity contribution in [3.63, 3.8) is 0 Å². The first-order chi connectivity index (χ1) is 11.6. The first-order valence-electron chi connectivity index (χ1n) is 9.39. The second-order valence-electron chi connectivity index (χ2n) is 6.08. The van der Waals surface area contributed by atoms with Gasteiger partial charge in [-0.05, 0) is 18.8 Å². The minimum Gasteiger partial charge on any atom is -0.447 e. The van der Waals surface area contributed by atoms with Gasteiger partial charge < -0.3 is 9.47 Å². The van der Waals surface area contributed by atoms with E-state index in [9.17, 15) is 9.59 Å². The Hall–Kier alpha value is -1.46. The monoisotopic (exact) mass is 342 g/mol. The van der Waals surface area contributed by atoms with Gasteiger partial charge in [0.1, 0.15) is 0 Å². The number of azo groups is 1. The fourth-order valence-electron chi connectivity index (χ4n) is 2.27. The minimum atomic E-state index is -0.835. The number of hydrogen-bond donors (Lipinski definition) is 0. The molecule has 0 aromatic carbocycles. The standard InChI is InChI=1S/C18H34N2O4/c1-4-7-9-10-11-12-14-23-17(21)19-20-18(22)24-15-16(6-3)13-8-5-2/h16H,4-15H2,1-3H3/b20-19+. The molecule has 1 atom stereocenters. The molecule has 1 unspecified atom stereocenters. The van der Waals surface area contributed by atoms with E-state index in [4.69, 9.17) is 9.47 Å². The number of ether oxygens (including phenoxy) is 2. The number of carbonyl (C=O) groups is 2. The van der Waals surface area contributed by atoms with Gasteiger partial charge in [0.05, 0.1) is 13.2 Å². The first-order valence-corrected chi connectivity index (χ1v) is 9.39. The summed E-state index contributed by atoms with van der Waals surface area (Å²) in [5.41, 5.74) is 0. The van der Waals surface area contributed by atoms with Crippen LogP contribution in [0.4, 0.5) is 9.59 Å². The Kier molecular flexibility index (Phi) is 15.4. The molecule has 0 radical (unpaired) electrons. The lowest BCUT2D eigenvalue weighted by molar-refractivity contribution is 0.128.